The van der Waals surface area contributed by atoms with Gasteiger partial charge in [-0.25, -0.2) is 0 Å². The number of aliphatic hydroxyl groups is 2. The van der Waals surface area contributed by atoms with Crippen LogP contribution in [0.25, 0.3) is 0 Å². The van der Waals surface area contributed by atoms with Gasteiger partial charge < -0.3 is 19.7 Å². The van der Waals surface area contributed by atoms with Gasteiger partial charge in [-0.15, -0.1) is 0 Å². The molecule has 0 aliphatic carbocycles. The van der Waals surface area contributed by atoms with E-state index in [1.165, 1.54) is 0 Å². The second-order valence-electron chi connectivity index (χ2n) is 3.79. The van der Waals surface area contributed by atoms with E-state index in [0.717, 1.165) is 12.8 Å². The van der Waals surface area contributed by atoms with Crippen molar-refractivity contribution in [3.05, 3.63) is 0 Å². The van der Waals surface area contributed by atoms with Crippen molar-refractivity contribution in [3.8, 4) is 0 Å². The molecule has 14 heavy (non-hydrogen) atoms. The molecule has 1 saturated heterocycles. The molecule has 1 rings (SSSR count). The number of rotatable bonds is 4. The van der Waals surface area contributed by atoms with Crippen LogP contribution in [-0.2, 0) is 9.47 Å². The molecular formula is C10H20O4. The Morgan fingerprint density at radius 2 is 2.14 bits per heavy atom. The van der Waals surface area contributed by atoms with Crippen molar-refractivity contribution in [1.29, 1.82) is 0 Å². The van der Waals surface area contributed by atoms with Gasteiger partial charge in [-0.1, -0.05) is 13.3 Å². The second-order valence-corrected chi connectivity index (χ2v) is 3.79. The van der Waals surface area contributed by atoms with Gasteiger partial charge in [0.1, 0.15) is 6.10 Å². The lowest BCUT2D eigenvalue weighted by atomic mass is 10.0. The van der Waals surface area contributed by atoms with Crippen LogP contribution in [0.1, 0.15) is 33.1 Å². The third-order valence-electron chi connectivity index (χ3n) is 2.48. The Balaban J connectivity index is 2.27. The molecule has 0 aromatic heterocycles. The number of ether oxygens (including phenoxy) is 2. The van der Waals surface area contributed by atoms with E-state index in [4.69, 9.17) is 9.47 Å². The predicted molar refractivity (Wildman–Crippen MR) is 51.8 cm³/mol. The summed E-state index contributed by atoms with van der Waals surface area (Å²) < 4.78 is 10.8. The molecule has 0 saturated carbocycles. The fraction of sp³-hybridized carbons (Fsp3) is 1.00. The molecule has 1 fully saturated rings. The fourth-order valence-electron chi connectivity index (χ4n) is 1.49. The summed E-state index contributed by atoms with van der Waals surface area (Å²) in [4.78, 5) is 0. The highest BCUT2D eigenvalue weighted by molar-refractivity contribution is 4.79. The Hall–Kier alpha value is -0.160. The molecule has 0 bridgehead atoms. The molecule has 0 aromatic carbocycles. The average Bonchev–Trinajstić information content (AvgIpc) is 2.14. The second kappa shape index (κ2) is 5.66. The van der Waals surface area contributed by atoms with Gasteiger partial charge in [0.2, 0.25) is 0 Å². The molecule has 0 amide bonds. The van der Waals surface area contributed by atoms with Crippen LogP contribution in [0.15, 0.2) is 0 Å². The van der Waals surface area contributed by atoms with Gasteiger partial charge in [0.15, 0.2) is 6.29 Å². The van der Waals surface area contributed by atoms with Crippen LogP contribution in [-0.4, -0.2) is 41.4 Å². The smallest absolute Gasteiger partial charge is 0.160 e. The minimum Gasteiger partial charge on any atom is -0.390 e. The maximum absolute atomic E-state index is 9.47. The molecular weight excluding hydrogens is 184 g/mol. The summed E-state index contributed by atoms with van der Waals surface area (Å²) in [6, 6.07) is 0. The number of hydrogen-bond acceptors (Lipinski definition) is 4. The van der Waals surface area contributed by atoms with Gasteiger partial charge in [0.05, 0.1) is 12.2 Å². The van der Waals surface area contributed by atoms with Gasteiger partial charge in [-0.05, 0) is 13.3 Å². The Morgan fingerprint density at radius 1 is 1.43 bits per heavy atom. The van der Waals surface area contributed by atoms with E-state index < -0.39 is 12.2 Å². The highest BCUT2D eigenvalue weighted by atomic mass is 16.7. The molecule has 2 N–H and O–H groups in total. The standard InChI is InChI=1S/C10H20O4/c1-3-4-5-13-9-6-8(11)10(12)7(2)14-9/h7-12H,3-6H2,1-2H3/t7-,8-,9-,10+/m1/s1. The maximum atomic E-state index is 9.47. The maximum Gasteiger partial charge on any atom is 0.160 e. The van der Waals surface area contributed by atoms with Crippen molar-refractivity contribution in [2.75, 3.05) is 6.61 Å². The van der Waals surface area contributed by atoms with E-state index in [1.54, 1.807) is 6.92 Å². The molecule has 4 atom stereocenters. The van der Waals surface area contributed by atoms with Crippen molar-refractivity contribution in [1.82, 2.24) is 0 Å². The van der Waals surface area contributed by atoms with E-state index in [9.17, 15) is 10.2 Å². The Bertz CT molecular complexity index is 150. The topological polar surface area (TPSA) is 58.9 Å². The van der Waals surface area contributed by atoms with Gasteiger partial charge in [0.25, 0.3) is 0 Å². The summed E-state index contributed by atoms with van der Waals surface area (Å²) in [7, 11) is 0. The molecule has 4 nitrogen and oxygen atoms in total. The quantitative estimate of drug-likeness (QED) is 0.660. The summed E-state index contributed by atoms with van der Waals surface area (Å²) in [5.74, 6) is 0. The Morgan fingerprint density at radius 3 is 2.71 bits per heavy atom. The first-order chi connectivity index (χ1) is 6.65. The van der Waals surface area contributed by atoms with Gasteiger partial charge in [-0.3, -0.25) is 0 Å². The van der Waals surface area contributed by atoms with Crippen molar-refractivity contribution in [2.24, 2.45) is 0 Å². The van der Waals surface area contributed by atoms with Crippen LogP contribution < -0.4 is 0 Å². The number of aliphatic hydroxyl groups excluding tert-OH is 2. The third-order valence-corrected chi connectivity index (χ3v) is 2.48. The summed E-state index contributed by atoms with van der Waals surface area (Å²) >= 11 is 0. The van der Waals surface area contributed by atoms with E-state index in [1.807, 2.05) is 0 Å². The van der Waals surface area contributed by atoms with E-state index >= 15 is 0 Å². The Labute approximate surface area is 84.8 Å². The lowest BCUT2D eigenvalue weighted by molar-refractivity contribution is -0.245. The number of hydrogen-bond donors (Lipinski definition) is 2. The van der Waals surface area contributed by atoms with Crippen LogP contribution in [0.5, 0.6) is 0 Å². The van der Waals surface area contributed by atoms with E-state index in [0.29, 0.717) is 13.0 Å². The SMILES string of the molecule is CCCCO[C@H]1C[C@@H](O)[C@@H](O)[C@@H](C)O1. The molecule has 0 unspecified atom stereocenters. The molecule has 0 radical (unpaired) electrons. The molecule has 1 aliphatic rings. The van der Waals surface area contributed by atoms with Crippen LogP contribution >= 0.6 is 0 Å². The van der Waals surface area contributed by atoms with Crippen LogP contribution in [0.3, 0.4) is 0 Å². The molecule has 1 aliphatic heterocycles. The van der Waals surface area contributed by atoms with E-state index in [-0.39, 0.29) is 12.4 Å². The summed E-state index contributed by atoms with van der Waals surface area (Å²) in [5.41, 5.74) is 0. The zero-order valence-corrected chi connectivity index (χ0v) is 8.85. The molecule has 0 aromatic rings. The van der Waals surface area contributed by atoms with E-state index in [2.05, 4.69) is 6.92 Å². The highest BCUT2D eigenvalue weighted by Crippen LogP contribution is 2.20. The van der Waals surface area contributed by atoms with Crippen LogP contribution in [0.4, 0.5) is 0 Å². The highest BCUT2D eigenvalue weighted by Gasteiger charge is 2.34. The average molecular weight is 204 g/mol. The Kier molecular flexibility index (Phi) is 4.81. The molecule has 1 heterocycles. The van der Waals surface area contributed by atoms with Gasteiger partial charge >= 0.3 is 0 Å². The summed E-state index contributed by atoms with van der Waals surface area (Å²) in [5, 5.41) is 18.9. The third kappa shape index (κ3) is 3.20. The summed E-state index contributed by atoms with van der Waals surface area (Å²) in [6.45, 7) is 4.48. The first kappa shape index (κ1) is 11.9. The van der Waals surface area contributed by atoms with Crippen molar-refractivity contribution in [3.63, 3.8) is 0 Å². The zero-order valence-electron chi connectivity index (χ0n) is 8.85. The van der Waals surface area contributed by atoms with Gasteiger partial charge in [0, 0.05) is 13.0 Å². The van der Waals surface area contributed by atoms with Gasteiger partial charge in [-0.2, -0.15) is 0 Å². The molecule has 0 spiro atoms. The lowest BCUT2D eigenvalue weighted by Crippen LogP contribution is -2.47. The minimum atomic E-state index is -0.791. The first-order valence-corrected chi connectivity index (χ1v) is 5.28. The van der Waals surface area contributed by atoms with Crippen LogP contribution in [0, 0.1) is 0 Å². The minimum absolute atomic E-state index is 0.356. The number of unbranched alkanes of at least 4 members (excludes halogenated alkanes) is 1. The first-order valence-electron chi connectivity index (χ1n) is 5.28. The normalized spacial score (nSPS) is 38.6. The largest absolute Gasteiger partial charge is 0.390 e. The van der Waals surface area contributed by atoms with Crippen molar-refractivity contribution < 1.29 is 19.7 Å². The monoisotopic (exact) mass is 204 g/mol. The lowest BCUT2D eigenvalue weighted by Gasteiger charge is -2.35. The van der Waals surface area contributed by atoms with Crippen LogP contribution in [0.2, 0.25) is 0 Å². The molecule has 4 heteroatoms. The fourth-order valence-corrected chi connectivity index (χ4v) is 1.49. The molecule has 84 valence electrons. The van der Waals surface area contributed by atoms with Crippen molar-refractivity contribution in [2.45, 2.75) is 57.7 Å². The van der Waals surface area contributed by atoms with Crippen molar-refractivity contribution >= 4 is 0 Å². The predicted octanol–water partition coefficient (Wildman–Crippen LogP) is 0.660. The zero-order chi connectivity index (χ0) is 10.6. The summed E-state index contributed by atoms with van der Waals surface area (Å²) in [6.07, 6.45) is 0.182.